The van der Waals surface area contributed by atoms with Crippen LogP contribution in [0.2, 0.25) is 0 Å². The first-order valence-electron chi connectivity index (χ1n) is 13.1. The Hall–Kier alpha value is -3.50. The SMILES string of the molecule is CC[C@H](C)CC(NC(=O)[C@@H]1CCC(=O)N1)N(CC(=O)N[C@@H](CCO)C(=O)O)Cc1cccc2ccccc12. The molecule has 5 N–H and O–H groups in total. The third kappa shape index (κ3) is 8.00. The second-order valence-electron chi connectivity index (χ2n) is 9.95. The van der Waals surface area contributed by atoms with Crippen molar-refractivity contribution >= 4 is 34.5 Å². The Labute approximate surface area is 222 Å². The predicted molar refractivity (Wildman–Crippen MR) is 143 cm³/mol. The zero-order valence-corrected chi connectivity index (χ0v) is 22.0. The first kappa shape index (κ1) is 29.1. The van der Waals surface area contributed by atoms with Gasteiger partial charge in [-0.15, -0.1) is 0 Å². The lowest BCUT2D eigenvalue weighted by Gasteiger charge is -2.34. The molecule has 0 bridgehead atoms. The number of nitrogens with one attached hydrogen (secondary N) is 3. The van der Waals surface area contributed by atoms with E-state index in [9.17, 15) is 29.4 Å². The number of carboxylic acids is 1. The molecule has 2 aromatic rings. The molecule has 3 amide bonds. The number of benzene rings is 2. The van der Waals surface area contributed by atoms with E-state index in [0.717, 1.165) is 22.8 Å². The van der Waals surface area contributed by atoms with Crippen LogP contribution in [0.3, 0.4) is 0 Å². The van der Waals surface area contributed by atoms with Crippen molar-refractivity contribution in [2.75, 3.05) is 13.2 Å². The summed E-state index contributed by atoms with van der Waals surface area (Å²) in [4.78, 5) is 51.3. The van der Waals surface area contributed by atoms with Crippen LogP contribution in [0, 0.1) is 5.92 Å². The molecule has 1 heterocycles. The zero-order chi connectivity index (χ0) is 27.7. The van der Waals surface area contributed by atoms with Crippen LogP contribution in [-0.4, -0.2) is 70.2 Å². The van der Waals surface area contributed by atoms with Crippen LogP contribution in [0.25, 0.3) is 10.8 Å². The third-order valence-electron chi connectivity index (χ3n) is 7.04. The molecule has 38 heavy (non-hydrogen) atoms. The number of aliphatic hydroxyl groups is 1. The highest BCUT2D eigenvalue weighted by molar-refractivity contribution is 5.91. The van der Waals surface area contributed by atoms with E-state index in [4.69, 9.17) is 0 Å². The molecule has 4 atom stereocenters. The Kier molecular flexibility index (Phi) is 10.6. The van der Waals surface area contributed by atoms with E-state index < -0.39 is 30.1 Å². The molecule has 1 aliphatic rings. The van der Waals surface area contributed by atoms with Crippen molar-refractivity contribution in [3.63, 3.8) is 0 Å². The van der Waals surface area contributed by atoms with Gasteiger partial charge in [-0.25, -0.2) is 4.79 Å². The molecule has 0 spiro atoms. The van der Waals surface area contributed by atoms with Crippen LogP contribution in [0.4, 0.5) is 0 Å². The molecular formula is C28H38N4O6. The summed E-state index contributed by atoms with van der Waals surface area (Å²) >= 11 is 0. The van der Waals surface area contributed by atoms with E-state index in [1.807, 2.05) is 47.4 Å². The van der Waals surface area contributed by atoms with Gasteiger partial charge in [0.05, 0.1) is 12.7 Å². The average molecular weight is 527 g/mol. The molecule has 3 rings (SSSR count). The molecule has 1 fully saturated rings. The van der Waals surface area contributed by atoms with Gasteiger partial charge in [-0.3, -0.25) is 19.3 Å². The molecule has 10 nitrogen and oxygen atoms in total. The van der Waals surface area contributed by atoms with Gasteiger partial charge in [-0.2, -0.15) is 0 Å². The number of aliphatic hydroxyl groups excluding tert-OH is 1. The molecule has 10 heteroatoms. The summed E-state index contributed by atoms with van der Waals surface area (Å²) in [6, 6.07) is 12.0. The van der Waals surface area contributed by atoms with E-state index in [2.05, 4.69) is 29.8 Å². The second-order valence-corrected chi connectivity index (χ2v) is 9.95. The monoisotopic (exact) mass is 526 g/mol. The number of rotatable bonds is 14. The highest BCUT2D eigenvalue weighted by Gasteiger charge is 2.32. The van der Waals surface area contributed by atoms with Gasteiger partial charge in [-0.1, -0.05) is 62.7 Å². The molecule has 1 aliphatic heterocycles. The highest BCUT2D eigenvalue weighted by Crippen LogP contribution is 2.23. The van der Waals surface area contributed by atoms with Gasteiger partial charge in [0, 0.05) is 26.0 Å². The van der Waals surface area contributed by atoms with Crippen molar-refractivity contribution in [3.05, 3.63) is 48.0 Å². The van der Waals surface area contributed by atoms with E-state index in [-0.39, 0.29) is 43.7 Å². The number of carboxylic acid groups (broad SMARTS) is 1. The van der Waals surface area contributed by atoms with Crippen LogP contribution in [0.15, 0.2) is 42.5 Å². The number of hydrogen-bond acceptors (Lipinski definition) is 6. The lowest BCUT2D eigenvalue weighted by Crippen LogP contribution is -2.56. The Morgan fingerprint density at radius 3 is 2.53 bits per heavy atom. The number of carbonyl (C=O) groups is 4. The van der Waals surface area contributed by atoms with Gasteiger partial charge >= 0.3 is 5.97 Å². The van der Waals surface area contributed by atoms with Crippen LogP contribution in [-0.2, 0) is 25.7 Å². The number of nitrogens with zero attached hydrogens (tertiary/aromatic N) is 1. The van der Waals surface area contributed by atoms with Crippen molar-refractivity contribution in [2.24, 2.45) is 5.92 Å². The van der Waals surface area contributed by atoms with Gasteiger partial charge in [0.25, 0.3) is 0 Å². The summed E-state index contributed by atoms with van der Waals surface area (Å²) in [7, 11) is 0. The minimum absolute atomic E-state index is 0.112. The standard InChI is InChI=1S/C28H38N4O6/c1-3-18(2)15-24(31-27(36)22-11-12-25(34)29-22)32(17-26(35)30-23(13-14-33)28(37)38)16-20-9-6-8-19-7-4-5-10-21(19)20/h4-10,18,22-24,33H,3,11-17H2,1-2H3,(H,29,34)(H,30,35)(H,31,36)(H,37,38)/t18-,22-,23-,24?/m0/s1. The molecule has 0 aliphatic carbocycles. The Morgan fingerprint density at radius 2 is 1.87 bits per heavy atom. The molecular weight excluding hydrogens is 488 g/mol. The van der Waals surface area contributed by atoms with Gasteiger partial charge in [0.1, 0.15) is 12.1 Å². The van der Waals surface area contributed by atoms with Gasteiger partial charge < -0.3 is 26.2 Å². The largest absolute Gasteiger partial charge is 0.480 e. The van der Waals surface area contributed by atoms with Gasteiger partial charge in [0.2, 0.25) is 17.7 Å². The quantitative estimate of drug-likeness (QED) is 0.236. The lowest BCUT2D eigenvalue weighted by molar-refractivity contribution is -0.142. The fraction of sp³-hybridized carbons (Fsp3) is 0.500. The smallest absolute Gasteiger partial charge is 0.326 e. The van der Waals surface area contributed by atoms with E-state index >= 15 is 0 Å². The lowest BCUT2D eigenvalue weighted by atomic mass is 10.00. The Bertz CT molecular complexity index is 1130. The number of aliphatic carboxylic acids is 1. The van der Waals surface area contributed by atoms with Crippen molar-refractivity contribution in [1.29, 1.82) is 0 Å². The van der Waals surface area contributed by atoms with Crippen molar-refractivity contribution < 1.29 is 29.4 Å². The molecule has 206 valence electrons. The summed E-state index contributed by atoms with van der Waals surface area (Å²) in [5, 5.41) is 28.9. The van der Waals surface area contributed by atoms with Crippen molar-refractivity contribution in [2.45, 2.75) is 70.7 Å². The maximum Gasteiger partial charge on any atom is 0.326 e. The zero-order valence-electron chi connectivity index (χ0n) is 22.0. The number of hydrogen-bond donors (Lipinski definition) is 5. The molecule has 0 saturated carbocycles. The summed E-state index contributed by atoms with van der Waals surface area (Å²) < 4.78 is 0. The number of fused-ring (bicyclic) bond motifs is 1. The normalized spacial score (nSPS) is 17.6. The Morgan fingerprint density at radius 1 is 1.13 bits per heavy atom. The molecule has 1 saturated heterocycles. The fourth-order valence-corrected chi connectivity index (χ4v) is 4.66. The third-order valence-corrected chi connectivity index (χ3v) is 7.04. The summed E-state index contributed by atoms with van der Waals surface area (Å²) in [5.74, 6) is -2.01. The van der Waals surface area contributed by atoms with E-state index in [1.165, 1.54) is 0 Å². The van der Waals surface area contributed by atoms with Crippen LogP contribution >= 0.6 is 0 Å². The summed E-state index contributed by atoms with van der Waals surface area (Å²) in [5.41, 5.74) is 0.957. The number of amides is 3. The molecule has 0 aromatic heterocycles. The molecule has 1 unspecified atom stereocenters. The Balaban J connectivity index is 1.91. The van der Waals surface area contributed by atoms with Crippen LogP contribution < -0.4 is 16.0 Å². The van der Waals surface area contributed by atoms with Crippen LogP contribution in [0.1, 0.15) is 51.5 Å². The first-order chi connectivity index (χ1) is 18.2. The average Bonchev–Trinajstić information content (AvgIpc) is 3.34. The van der Waals surface area contributed by atoms with E-state index in [1.54, 1.807) is 0 Å². The van der Waals surface area contributed by atoms with Crippen molar-refractivity contribution in [3.8, 4) is 0 Å². The summed E-state index contributed by atoms with van der Waals surface area (Å²) in [6.45, 7) is 3.89. The highest BCUT2D eigenvalue weighted by atomic mass is 16.4. The maximum atomic E-state index is 13.1. The fourth-order valence-electron chi connectivity index (χ4n) is 4.66. The van der Waals surface area contributed by atoms with Crippen LogP contribution in [0.5, 0.6) is 0 Å². The maximum absolute atomic E-state index is 13.1. The molecule has 0 radical (unpaired) electrons. The minimum atomic E-state index is -1.23. The predicted octanol–water partition coefficient (Wildman–Crippen LogP) is 1.75. The first-order valence-corrected chi connectivity index (χ1v) is 13.1. The van der Waals surface area contributed by atoms with Gasteiger partial charge in [-0.05, 0) is 35.1 Å². The van der Waals surface area contributed by atoms with Crippen molar-refractivity contribution in [1.82, 2.24) is 20.9 Å². The summed E-state index contributed by atoms with van der Waals surface area (Å²) in [6.07, 6.45) is 1.46. The van der Waals surface area contributed by atoms with E-state index in [0.29, 0.717) is 19.4 Å². The second kappa shape index (κ2) is 13.9. The van der Waals surface area contributed by atoms with Gasteiger partial charge in [0.15, 0.2) is 0 Å². The number of carbonyl (C=O) groups excluding carboxylic acids is 3. The topological polar surface area (TPSA) is 148 Å². The minimum Gasteiger partial charge on any atom is -0.480 e. The molecule has 2 aromatic carbocycles.